The van der Waals surface area contributed by atoms with Crippen LogP contribution in [0.3, 0.4) is 0 Å². The fourth-order valence-corrected chi connectivity index (χ4v) is 3.27. The third-order valence-corrected chi connectivity index (χ3v) is 4.71. The first-order valence-electron chi connectivity index (χ1n) is 8.44. The van der Waals surface area contributed by atoms with Crippen molar-refractivity contribution in [2.75, 3.05) is 13.7 Å². The van der Waals surface area contributed by atoms with Gasteiger partial charge in [0, 0.05) is 6.20 Å². The minimum atomic E-state index is -4.56. The number of pyridine rings is 1. The second-order valence-corrected chi connectivity index (χ2v) is 6.52. The van der Waals surface area contributed by atoms with Crippen LogP contribution in [0.4, 0.5) is 13.2 Å². The van der Waals surface area contributed by atoms with E-state index in [-0.39, 0.29) is 12.1 Å². The number of hydrogen-bond acceptors (Lipinski definition) is 4. The Labute approximate surface area is 154 Å². The van der Waals surface area contributed by atoms with Gasteiger partial charge in [0.25, 0.3) is 5.91 Å². The highest BCUT2D eigenvalue weighted by atomic mass is 19.4. The Morgan fingerprint density at radius 3 is 2.74 bits per heavy atom. The molecular formula is C19H19F3N2O3. The van der Waals surface area contributed by atoms with Gasteiger partial charge in [-0.25, -0.2) is 0 Å². The third kappa shape index (κ3) is 4.05. The monoisotopic (exact) mass is 380 g/mol. The molecule has 144 valence electrons. The zero-order chi connectivity index (χ0) is 19.7. The summed E-state index contributed by atoms with van der Waals surface area (Å²) in [5.74, 6) is 0.100. The largest absolute Gasteiger partial charge is 0.497 e. The Bertz CT molecular complexity index is 837. The maximum Gasteiger partial charge on any atom is 0.433 e. The number of aliphatic hydroxyl groups is 1. The molecule has 0 unspecified atom stereocenters. The standard InChI is InChI=1S/C19H19F3N2O3/c1-27-14-5-6-15-12(9-14)3-2-8-18(15,26)11-24-17(25)13-4-7-16(23-10-13)19(20,21)22/h4-7,9-10,26H,2-3,8,11H2,1H3,(H,24,25)/t18-/m1/s1. The summed E-state index contributed by atoms with van der Waals surface area (Å²) in [4.78, 5) is 15.5. The number of methoxy groups -OCH3 is 1. The van der Waals surface area contributed by atoms with Crippen LogP contribution >= 0.6 is 0 Å². The summed E-state index contributed by atoms with van der Waals surface area (Å²) in [7, 11) is 1.56. The van der Waals surface area contributed by atoms with Gasteiger partial charge >= 0.3 is 6.18 Å². The Morgan fingerprint density at radius 1 is 1.33 bits per heavy atom. The first kappa shape index (κ1) is 19.2. The fraction of sp³-hybridized carbons (Fsp3) is 0.368. The summed E-state index contributed by atoms with van der Waals surface area (Å²) in [5.41, 5.74) is -0.631. The number of nitrogens with one attached hydrogen (secondary N) is 1. The molecule has 0 spiro atoms. The van der Waals surface area contributed by atoms with E-state index >= 15 is 0 Å². The van der Waals surface area contributed by atoms with Crippen LogP contribution in [0.25, 0.3) is 0 Å². The number of carbonyl (C=O) groups is 1. The lowest BCUT2D eigenvalue weighted by atomic mass is 9.79. The van der Waals surface area contributed by atoms with E-state index in [1.807, 2.05) is 6.07 Å². The molecule has 3 rings (SSSR count). The van der Waals surface area contributed by atoms with E-state index in [2.05, 4.69) is 10.3 Å². The van der Waals surface area contributed by atoms with Crippen molar-refractivity contribution in [3.05, 3.63) is 58.9 Å². The minimum Gasteiger partial charge on any atom is -0.497 e. The number of alkyl halides is 3. The minimum absolute atomic E-state index is 0.00244. The Morgan fingerprint density at radius 2 is 2.11 bits per heavy atom. The topological polar surface area (TPSA) is 71.5 Å². The van der Waals surface area contributed by atoms with Crippen LogP contribution in [0.1, 0.15) is 40.0 Å². The maximum atomic E-state index is 12.6. The van der Waals surface area contributed by atoms with Gasteiger partial charge in [0.15, 0.2) is 0 Å². The van der Waals surface area contributed by atoms with Gasteiger partial charge in [0.05, 0.1) is 19.2 Å². The number of halogens is 3. The van der Waals surface area contributed by atoms with Crippen molar-refractivity contribution in [1.29, 1.82) is 0 Å². The summed E-state index contributed by atoms with van der Waals surface area (Å²) in [6, 6.07) is 7.21. The van der Waals surface area contributed by atoms with Crippen molar-refractivity contribution in [2.24, 2.45) is 0 Å². The van der Waals surface area contributed by atoms with Crippen molar-refractivity contribution in [3.8, 4) is 5.75 Å². The number of fused-ring (bicyclic) bond motifs is 1. The van der Waals surface area contributed by atoms with Crippen LogP contribution in [0.5, 0.6) is 5.75 Å². The Hall–Kier alpha value is -2.61. The van der Waals surface area contributed by atoms with Gasteiger partial charge in [-0.2, -0.15) is 13.2 Å². The highest BCUT2D eigenvalue weighted by molar-refractivity contribution is 5.93. The molecule has 0 bridgehead atoms. The molecule has 1 atom stereocenters. The van der Waals surface area contributed by atoms with Gasteiger partial charge in [0.1, 0.15) is 17.0 Å². The van der Waals surface area contributed by atoms with E-state index in [0.717, 1.165) is 42.3 Å². The van der Waals surface area contributed by atoms with Crippen molar-refractivity contribution in [2.45, 2.75) is 31.0 Å². The number of benzene rings is 1. The number of rotatable bonds is 4. The van der Waals surface area contributed by atoms with E-state index in [4.69, 9.17) is 4.74 Å². The van der Waals surface area contributed by atoms with Gasteiger partial charge < -0.3 is 15.2 Å². The van der Waals surface area contributed by atoms with E-state index in [9.17, 15) is 23.1 Å². The van der Waals surface area contributed by atoms with Crippen molar-refractivity contribution in [3.63, 3.8) is 0 Å². The predicted octanol–water partition coefficient (Wildman–Crippen LogP) is 3.06. The molecule has 0 saturated heterocycles. The van der Waals surface area contributed by atoms with Gasteiger partial charge in [-0.05, 0) is 54.7 Å². The molecule has 27 heavy (non-hydrogen) atoms. The molecule has 2 N–H and O–H groups in total. The second kappa shape index (κ2) is 7.19. The number of amides is 1. The molecule has 5 nitrogen and oxygen atoms in total. The molecule has 0 radical (unpaired) electrons. The Balaban J connectivity index is 1.72. The van der Waals surface area contributed by atoms with Gasteiger partial charge in [0.2, 0.25) is 0 Å². The van der Waals surface area contributed by atoms with E-state index in [1.165, 1.54) is 0 Å². The molecule has 1 heterocycles. The van der Waals surface area contributed by atoms with Crippen LogP contribution in [0.15, 0.2) is 36.5 Å². The van der Waals surface area contributed by atoms with Gasteiger partial charge in [-0.3, -0.25) is 9.78 Å². The lowest BCUT2D eigenvalue weighted by molar-refractivity contribution is -0.141. The molecule has 1 aliphatic rings. The van der Waals surface area contributed by atoms with E-state index < -0.39 is 23.4 Å². The first-order chi connectivity index (χ1) is 12.7. The van der Waals surface area contributed by atoms with Crippen LogP contribution in [0.2, 0.25) is 0 Å². The van der Waals surface area contributed by atoms with Crippen LogP contribution in [-0.2, 0) is 18.2 Å². The van der Waals surface area contributed by atoms with Crippen LogP contribution < -0.4 is 10.1 Å². The smallest absolute Gasteiger partial charge is 0.433 e. The number of ether oxygens (including phenoxy) is 1. The molecule has 1 amide bonds. The summed E-state index contributed by atoms with van der Waals surface area (Å²) in [6.45, 7) is -0.0494. The highest BCUT2D eigenvalue weighted by Gasteiger charge is 2.35. The normalized spacial score (nSPS) is 19.3. The fourth-order valence-electron chi connectivity index (χ4n) is 3.27. The van der Waals surface area contributed by atoms with E-state index in [0.29, 0.717) is 12.2 Å². The third-order valence-electron chi connectivity index (χ3n) is 4.71. The van der Waals surface area contributed by atoms with Gasteiger partial charge in [-0.15, -0.1) is 0 Å². The second-order valence-electron chi connectivity index (χ2n) is 6.52. The molecule has 8 heteroatoms. The number of nitrogens with zero attached hydrogens (tertiary/aromatic N) is 1. The zero-order valence-corrected chi connectivity index (χ0v) is 14.6. The summed E-state index contributed by atoms with van der Waals surface area (Å²) < 4.78 is 42.9. The quantitative estimate of drug-likeness (QED) is 0.855. The molecule has 0 saturated carbocycles. The summed E-state index contributed by atoms with van der Waals surface area (Å²) in [6.07, 6.45) is -1.67. The molecule has 0 fully saturated rings. The molecule has 1 aromatic heterocycles. The lowest BCUT2D eigenvalue weighted by Gasteiger charge is -2.35. The van der Waals surface area contributed by atoms with Crippen molar-refractivity contribution >= 4 is 5.91 Å². The van der Waals surface area contributed by atoms with Crippen LogP contribution in [-0.4, -0.2) is 29.7 Å². The lowest BCUT2D eigenvalue weighted by Crippen LogP contribution is -2.43. The Kier molecular flexibility index (Phi) is 5.10. The molecule has 1 aromatic carbocycles. The number of aryl methyl sites for hydroxylation is 1. The predicted molar refractivity (Wildman–Crippen MR) is 91.4 cm³/mol. The average molecular weight is 380 g/mol. The molecule has 0 aliphatic heterocycles. The number of carbonyl (C=O) groups excluding carboxylic acids is 1. The summed E-state index contributed by atoms with van der Waals surface area (Å²) >= 11 is 0. The van der Waals surface area contributed by atoms with Crippen LogP contribution in [0, 0.1) is 0 Å². The number of hydrogen-bond donors (Lipinski definition) is 2. The summed E-state index contributed by atoms with van der Waals surface area (Å²) in [5, 5.41) is 13.6. The maximum absolute atomic E-state index is 12.6. The van der Waals surface area contributed by atoms with Crippen molar-refractivity contribution < 1.29 is 27.8 Å². The van der Waals surface area contributed by atoms with Crippen molar-refractivity contribution in [1.82, 2.24) is 10.3 Å². The molecular weight excluding hydrogens is 361 g/mol. The molecule has 2 aromatic rings. The zero-order valence-electron chi connectivity index (χ0n) is 14.6. The number of aromatic nitrogens is 1. The molecule has 1 aliphatic carbocycles. The SMILES string of the molecule is COc1ccc2c(c1)CCC[C@@]2(O)CNC(=O)c1ccc(C(F)(F)F)nc1. The van der Waals surface area contributed by atoms with E-state index in [1.54, 1.807) is 19.2 Å². The first-order valence-corrected chi connectivity index (χ1v) is 8.44. The van der Waals surface area contributed by atoms with Gasteiger partial charge in [-0.1, -0.05) is 6.07 Å². The highest BCUT2D eigenvalue weighted by Crippen LogP contribution is 2.36. The average Bonchev–Trinajstić information content (AvgIpc) is 2.65.